The van der Waals surface area contributed by atoms with E-state index in [2.05, 4.69) is 23.4 Å². The van der Waals surface area contributed by atoms with E-state index < -0.39 is 0 Å². The van der Waals surface area contributed by atoms with Crippen LogP contribution in [-0.2, 0) is 11.3 Å². The number of rotatable bonds is 0. The van der Waals surface area contributed by atoms with Crippen LogP contribution in [-0.4, -0.2) is 5.71 Å². The molecular formula is C10H8NO. The van der Waals surface area contributed by atoms with Crippen molar-refractivity contribution in [3.05, 3.63) is 42.0 Å². The summed E-state index contributed by atoms with van der Waals surface area (Å²) in [6, 6.07) is 8.38. The van der Waals surface area contributed by atoms with E-state index in [0.717, 1.165) is 12.1 Å². The molecule has 0 fully saturated rings. The van der Waals surface area contributed by atoms with E-state index >= 15 is 0 Å². The highest BCUT2D eigenvalue weighted by molar-refractivity contribution is 6.07. The summed E-state index contributed by atoms with van der Waals surface area (Å²) in [5.41, 5.74) is 3.75. The van der Waals surface area contributed by atoms with E-state index in [9.17, 15) is 0 Å². The molecular weight excluding hydrogens is 150 g/mol. The molecule has 0 amide bonds. The number of hydrogen-bond donors (Lipinski definition) is 0. The average Bonchev–Trinajstić information content (AvgIpc) is 2.62. The lowest BCUT2D eigenvalue weighted by atomic mass is 10.1. The summed E-state index contributed by atoms with van der Waals surface area (Å²) in [5, 5.41) is 4.00. The van der Waals surface area contributed by atoms with Crippen molar-refractivity contribution in [2.45, 2.75) is 6.42 Å². The van der Waals surface area contributed by atoms with Crippen molar-refractivity contribution >= 4 is 5.71 Å². The van der Waals surface area contributed by atoms with Gasteiger partial charge >= 0.3 is 0 Å². The molecule has 1 radical (unpaired) electrons. The van der Waals surface area contributed by atoms with Crippen LogP contribution in [0.3, 0.4) is 0 Å². The van der Waals surface area contributed by atoms with Crippen LogP contribution in [0.1, 0.15) is 11.1 Å². The van der Waals surface area contributed by atoms with Crippen LogP contribution in [0.25, 0.3) is 0 Å². The Morgan fingerprint density at radius 3 is 3.25 bits per heavy atom. The van der Waals surface area contributed by atoms with Crippen LogP contribution >= 0.6 is 0 Å². The number of hydrogen-bond acceptors (Lipinski definition) is 2. The molecule has 1 unspecified atom stereocenters. The Bertz CT molecular complexity index is 357. The van der Waals surface area contributed by atoms with E-state index in [1.165, 1.54) is 11.1 Å². The molecule has 2 heteroatoms. The third-order valence-electron chi connectivity index (χ3n) is 2.46. The minimum Gasteiger partial charge on any atom is -0.387 e. The summed E-state index contributed by atoms with van der Waals surface area (Å²) in [6.07, 6.45) is 1.05. The fourth-order valence-electron chi connectivity index (χ4n) is 1.87. The topological polar surface area (TPSA) is 21.6 Å². The van der Waals surface area contributed by atoms with Crippen LogP contribution in [0.5, 0.6) is 0 Å². The highest BCUT2D eigenvalue weighted by Gasteiger charge is 2.33. The molecule has 0 aromatic heterocycles. The maximum Gasteiger partial charge on any atom is 0.176 e. The van der Waals surface area contributed by atoms with Gasteiger partial charge < -0.3 is 4.84 Å². The van der Waals surface area contributed by atoms with Crippen molar-refractivity contribution in [1.82, 2.24) is 0 Å². The third-order valence-corrected chi connectivity index (χ3v) is 2.46. The lowest BCUT2D eigenvalue weighted by molar-refractivity contribution is 0.219. The van der Waals surface area contributed by atoms with Crippen LogP contribution < -0.4 is 0 Å². The molecule has 1 aromatic rings. The zero-order valence-corrected chi connectivity index (χ0v) is 6.53. The molecule has 1 atom stereocenters. The van der Waals surface area contributed by atoms with Gasteiger partial charge in [-0.25, -0.2) is 0 Å². The first kappa shape index (κ1) is 6.23. The standard InChI is InChI=1S/C10H8NO/c1-2-4-9-7(3-1)5-8-6-12-11-10(8)9/h1-4,6,8H,5H2. The molecule has 0 saturated heterocycles. The predicted molar refractivity (Wildman–Crippen MR) is 45.6 cm³/mol. The van der Waals surface area contributed by atoms with Gasteiger partial charge in [-0.3, -0.25) is 0 Å². The van der Waals surface area contributed by atoms with E-state index in [-0.39, 0.29) is 0 Å². The molecule has 0 spiro atoms. The zero-order valence-electron chi connectivity index (χ0n) is 6.53. The van der Waals surface area contributed by atoms with Gasteiger partial charge in [0.1, 0.15) is 0 Å². The second-order valence-electron chi connectivity index (χ2n) is 3.19. The molecule has 12 heavy (non-hydrogen) atoms. The maximum atomic E-state index is 4.93. The number of oxime groups is 1. The summed E-state index contributed by atoms with van der Waals surface area (Å²) in [4.78, 5) is 4.93. The molecule has 0 saturated carbocycles. The van der Waals surface area contributed by atoms with Gasteiger partial charge in [0, 0.05) is 5.56 Å². The normalized spacial score (nSPS) is 24.3. The number of benzene rings is 1. The van der Waals surface area contributed by atoms with Gasteiger partial charge in [0.05, 0.1) is 11.6 Å². The van der Waals surface area contributed by atoms with E-state index in [0.29, 0.717) is 5.92 Å². The highest BCUT2D eigenvalue weighted by Crippen LogP contribution is 2.32. The van der Waals surface area contributed by atoms with E-state index in [4.69, 9.17) is 4.84 Å². The first-order chi connectivity index (χ1) is 5.95. The molecule has 0 N–H and O–H groups in total. The molecule has 2 nitrogen and oxygen atoms in total. The van der Waals surface area contributed by atoms with E-state index in [1.807, 2.05) is 12.7 Å². The Kier molecular flexibility index (Phi) is 1.09. The summed E-state index contributed by atoms with van der Waals surface area (Å²) in [6.45, 7) is 1.81. The molecule has 0 bridgehead atoms. The van der Waals surface area contributed by atoms with Gasteiger partial charge in [-0.2, -0.15) is 0 Å². The third kappa shape index (κ3) is 0.670. The maximum absolute atomic E-state index is 4.93. The Morgan fingerprint density at radius 1 is 1.33 bits per heavy atom. The number of fused-ring (bicyclic) bond motifs is 3. The summed E-state index contributed by atoms with van der Waals surface area (Å²) < 4.78 is 0. The van der Waals surface area contributed by atoms with Gasteiger partial charge in [-0.15, -0.1) is 0 Å². The van der Waals surface area contributed by atoms with Gasteiger partial charge in [0.25, 0.3) is 0 Å². The minimum atomic E-state index is 0.405. The molecule has 1 heterocycles. The predicted octanol–water partition coefficient (Wildman–Crippen LogP) is 1.75. The minimum absolute atomic E-state index is 0.405. The molecule has 1 aliphatic carbocycles. The monoisotopic (exact) mass is 158 g/mol. The van der Waals surface area contributed by atoms with Crippen LogP contribution in [0.4, 0.5) is 0 Å². The van der Waals surface area contributed by atoms with Crippen molar-refractivity contribution in [3.8, 4) is 0 Å². The first-order valence-corrected chi connectivity index (χ1v) is 4.10. The summed E-state index contributed by atoms with van der Waals surface area (Å²) in [7, 11) is 0. The van der Waals surface area contributed by atoms with Crippen LogP contribution in [0.2, 0.25) is 0 Å². The molecule has 1 aliphatic heterocycles. The summed E-state index contributed by atoms with van der Waals surface area (Å²) >= 11 is 0. The zero-order chi connectivity index (χ0) is 7.97. The lowest BCUT2D eigenvalue weighted by Crippen LogP contribution is -2.03. The fourth-order valence-corrected chi connectivity index (χ4v) is 1.87. The highest BCUT2D eigenvalue weighted by atomic mass is 16.6. The van der Waals surface area contributed by atoms with Crippen molar-refractivity contribution in [1.29, 1.82) is 0 Å². The molecule has 1 aromatic carbocycles. The van der Waals surface area contributed by atoms with Gasteiger partial charge in [-0.05, 0) is 12.0 Å². The van der Waals surface area contributed by atoms with E-state index in [1.54, 1.807) is 0 Å². The second kappa shape index (κ2) is 2.09. The lowest BCUT2D eigenvalue weighted by Gasteiger charge is -1.95. The Labute approximate surface area is 70.8 Å². The van der Waals surface area contributed by atoms with Crippen molar-refractivity contribution in [3.63, 3.8) is 0 Å². The van der Waals surface area contributed by atoms with Crippen LogP contribution in [0, 0.1) is 12.5 Å². The van der Waals surface area contributed by atoms with Gasteiger partial charge in [-0.1, -0.05) is 29.4 Å². The quantitative estimate of drug-likeness (QED) is 0.563. The SMILES string of the molecule is [CH]1ON=C2c3ccccc3CC12. The van der Waals surface area contributed by atoms with Gasteiger partial charge in [0.2, 0.25) is 0 Å². The average molecular weight is 158 g/mol. The van der Waals surface area contributed by atoms with Crippen molar-refractivity contribution in [2.75, 3.05) is 0 Å². The molecule has 3 rings (SSSR count). The van der Waals surface area contributed by atoms with Gasteiger partial charge in [0.15, 0.2) is 6.61 Å². The first-order valence-electron chi connectivity index (χ1n) is 4.10. The Hall–Kier alpha value is -1.31. The summed E-state index contributed by atoms with van der Waals surface area (Å²) in [5.74, 6) is 0.405. The Morgan fingerprint density at radius 2 is 2.25 bits per heavy atom. The van der Waals surface area contributed by atoms with Crippen molar-refractivity contribution < 1.29 is 4.84 Å². The smallest absolute Gasteiger partial charge is 0.176 e. The van der Waals surface area contributed by atoms with Crippen molar-refractivity contribution in [2.24, 2.45) is 11.1 Å². The molecule has 2 aliphatic rings. The largest absolute Gasteiger partial charge is 0.387 e. The Balaban J connectivity index is 2.20. The number of nitrogens with zero attached hydrogens (tertiary/aromatic N) is 1. The second-order valence-corrected chi connectivity index (χ2v) is 3.19. The fraction of sp³-hybridized carbons (Fsp3) is 0.200. The van der Waals surface area contributed by atoms with Crippen LogP contribution in [0.15, 0.2) is 29.4 Å². The molecule has 59 valence electrons.